The van der Waals surface area contributed by atoms with Gasteiger partial charge < -0.3 is 14.4 Å². The lowest BCUT2D eigenvalue weighted by molar-refractivity contribution is -0.158. The Balaban J connectivity index is 2.16. The lowest BCUT2D eigenvalue weighted by Gasteiger charge is -2.36. The number of aryl methyl sites for hydroxylation is 2. The topological polar surface area (TPSA) is 64.5 Å². The molecule has 1 aromatic heterocycles. The molecule has 0 N–H and O–H groups in total. The summed E-state index contributed by atoms with van der Waals surface area (Å²) in [6.45, 7) is 8.89. The van der Waals surface area contributed by atoms with Gasteiger partial charge in [0.1, 0.15) is 11.7 Å². The number of nitrogens with zero attached hydrogens (tertiary/aromatic N) is 3. The summed E-state index contributed by atoms with van der Waals surface area (Å²) >= 11 is 0. The van der Waals surface area contributed by atoms with Gasteiger partial charge in [-0.15, -0.1) is 0 Å². The third-order valence-corrected chi connectivity index (χ3v) is 3.67. The highest BCUT2D eigenvalue weighted by Gasteiger charge is 2.35. The zero-order valence-corrected chi connectivity index (χ0v) is 13.3. The van der Waals surface area contributed by atoms with Crippen molar-refractivity contribution in [1.29, 1.82) is 0 Å². The first-order valence-corrected chi connectivity index (χ1v) is 7.12. The van der Waals surface area contributed by atoms with Crippen LogP contribution in [0.4, 0.5) is 0 Å². The molecule has 0 saturated carbocycles. The van der Waals surface area contributed by atoms with Crippen molar-refractivity contribution in [2.24, 2.45) is 0 Å². The Bertz CT molecular complexity index is 511. The number of hydrogen-bond donors (Lipinski definition) is 0. The number of rotatable bonds is 3. The van der Waals surface area contributed by atoms with Crippen LogP contribution in [0.2, 0.25) is 0 Å². The molecule has 1 fully saturated rings. The van der Waals surface area contributed by atoms with Crippen LogP contribution in [-0.4, -0.2) is 53.2 Å². The van der Waals surface area contributed by atoms with E-state index in [4.69, 9.17) is 9.47 Å². The fourth-order valence-corrected chi connectivity index (χ4v) is 2.36. The quantitative estimate of drug-likeness (QED) is 0.843. The summed E-state index contributed by atoms with van der Waals surface area (Å²) in [5.74, 6) is 0.600. The summed E-state index contributed by atoms with van der Waals surface area (Å²) in [7, 11) is 1.54. The third-order valence-electron chi connectivity index (χ3n) is 3.67. The van der Waals surface area contributed by atoms with Crippen LogP contribution in [-0.2, 0) is 14.3 Å². The van der Waals surface area contributed by atoms with Crippen molar-refractivity contribution >= 4 is 5.91 Å². The molecule has 116 valence electrons. The van der Waals surface area contributed by atoms with Crippen molar-refractivity contribution in [3.8, 4) is 0 Å². The van der Waals surface area contributed by atoms with E-state index < -0.39 is 5.60 Å². The minimum atomic E-state index is -0.828. The second kappa shape index (κ2) is 6.07. The molecule has 6 nitrogen and oxygen atoms in total. The van der Waals surface area contributed by atoms with Gasteiger partial charge in [0.25, 0.3) is 5.91 Å². The third kappa shape index (κ3) is 3.57. The number of hydrogen-bond acceptors (Lipinski definition) is 5. The number of methoxy groups -OCH3 is 1. The van der Waals surface area contributed by atoms with Crippen molar-refractivity contribution in [2.45, 2.75) is 39.4 Å². The lowest BCUT2D eigenvalue weighted by Crippen LogP contribution is -2.51. The SMILES string of the molecule is COC(C)(C)C(=O)N1CCOC(c2nc(C)cc(C)n2)C1. The standard InChI is InChI=1S/C15H23N3O3/c1-10-8-11(2)17-13(16-10)12-9-18(6-7-21-12)14(19)15(3,4)20-5/h8,12H,6-7,9H2,1-5H3. The van der Waals surface area contributed by atoms with Crippen molar-refractivity contribution in [2.75, 3.05) is 26.8 Å². The van der Waals surface area contributed by atoms with Crippen LogP contribution >= 0.6 is 0 Å². The number of morpholine rings is 1. The molecule has 0 bridgehead atoms. The predicted octanol–water partition coefficient (Wildman–Crippen LogP) is 1.42. The average Bonchev–Trinajstić information content (AvgIpc) is 2.45. The summed E-state index contributed by atoms with van der Waals surface area (Å²) in [5.41, 5.74) is 0.981. The van der Waals surface area contributed by atoms with Crippen LogP contribution < -0.4 is 0 Å². The second-order valence-corrected chi connectivity index (χ2v) is 5.83. The molecule has 21 heavy (non-hydrogen) atoms. The van der Waals surface area contributed by atoms with Gasteiger partial charge in [-0.1, -0.05) is 0 Å². The average molecular weight is 293 g/mol. The van der Waals surface area contributed by atoms with Gasteiger partial charge >= 0.3 is 0 Å². The molecule has 2 heterocycles. The maximum atomic E-state index is 12.5. The second-order valence-electron chi connectivity index (χ2n) is 5.83. The first-order chi connectivity index (χ1) is 9.83. The monoisotopic (exact) mass is 293 g/mol. The molecular weight excluding hydrogens is 270 g/mol. The largest absolute Gasteiger partial charge is 0.369 e. The van der Waals surface area contributed by atoms with Crippen LogP contribution in [0.1, 0.15) is 37.2 Å². The summed E-state index contributed by atoms with van der Waals surface area (Å²) in [6.07, 6.45) is -0.283. The van der Waals surface area contributed by atoms with Crippen molar-refractivity contribution in [3.63, 3.8) is 0 Å². The number of carbonyl (C=O) groups excluding carboxylic acids is 1. The highest BCUT2D eigenvalue weighted by Crippen LogP contribution is 2.22. The molecule has 0 radical (unpaired) electrons. The van der Waals surface area contributed by atoms with E-state index in [0.717, 1.165) is 11.4 Å². The number of ether oxygens (including phenoxy) is 2. The van der Waals surface area contributed by atoms with E-state index >= 15 is 0 Å². The number of aromatic nitrogens is 2. The van der Waals surface area contributed by atoms with Gasteiger partial charge in [-0.3, -0.25) is 4.79 Å². The van der Waals surface area contributed by atoms with Crippen LogP contribution in [0.15, 0.2) is 6.07 Å². The molecule has 6 heteroatoms. The molecule has 0 aliphatic carbocycles. The van der Waals surface area contributed by atoms with Gasteiger partial charge in [-0.25, -0.2) is 9.97 Å². The minimum absolute atomic E-state index is 0.0392. The number of carbonyl (C=O) groups is 1. The first kappa shape index (κ1) is 15.9. The molecule has 1 aliphatic rings. The Kier molecular flexibility index (Phi) is 4.58. The Labute approximate surface area is 125 Å². The van der Waals surface area contributed by atoms with Gasteiger partial charge in [0.05, 0.1) is 13.2 Å². The Morgan fingerprint density at radius 3 is 2.57 bits per heavy atom. The summed E-state index contributed by atoms with van der Waals surface area (Å²) in [4.78, 5) is 23.1. The van der Waals surface area contributed by atoms with E-state index in [9.17, 15) is 4.79 Å². The highest BCUT2D eigenvalue weighted by molar-refractivity contribution is 5.84. The summed E-state index contributed by atoms with van der Waals surface area (Å²) in [6, 6.07) is 1.92. The van der Waals surface area contributed by atoms with Crippen LogP contribution in [0.25, 0.3) is 0 Å². The molecule has 1 aromatic rings. The van der Waals surface area contributed by atoms with Gasteiger partial charge in [-0.2, -0.15) is 0 Å². The maximum absolute atomic E-state index is 12.5. The molecular formula is C15H23N3O3. The Morgan fingerprint density at radius 1 is 1.38 bits per heavy atom. The van der Waals surface area contributed by atoms with E-state index in [2.05, 4.69) is 9.97 Å². The molecule has 1 unspecified atom stereocenters. The van der Waals surface area contributed by atoms with E-state index in [1.807, 2.05) is 19.9 Å². The van der Waals surface area contributed by atoms with Gasteiger partial charge in [-0.05, 0) is 33.8 Å². The summed E-state index contributed by atoms with van der Waals surface area (Å²) < 4.78 is 11.0. The van der Waals surface area contributed by atoms with E-state index in [-0.39, 0.29) is 12.0 Å². The van der Waals surface area contributed by atoms with Crippen LogP contribution in [0.5, 0.6) is 0 Å². The van der Waals surface area contributed by atoms with Gasteiger partial charge in [0.15, 0.2) is 5.82 Å². The summed E-state index contributed by atoms with van der Waals surface area (Å²) in [5, 5.41) is 0. The van der Waals surface area contributed by atoms with Crippen molar-refractivity contribution < 1.29 is 14.3 Å². The van der Waals surface area contributed by atoms with Gasteiger partial charge in [0, 0.05) is 25.0 Å². The molecule has 0 spiro atoms. The van der Waals surface area contributed by atoms with Crippen molar-refractivity contribution in [1.82, 2.24) is 14.9 Å². The van der Waals surface area contributed by atoms with E-state index in [0.29, 0.717) is 25.5 Å². The fraction of sp³-hybridized carbons (Fsp3) is 0.667. The molecule has 1 saturated heterocycles. The van der Waals surface area contributed by atoms with E-state index in [1.54, 1.807) is 25.9 Å². The van der Waals surface area contributed by atoms with Gasteiger partial charge in [0.2, 0.25) is 0 Å². The molecule has 1 aliphatic heterocycles. The molecule has 0 aromatic carbocycles. The lowest BCUT2D eigenvalue weighted by atomic mass is 10.1. The molecule has 1 amide bonds. The Hall–Kier alpha value is -1.53. The minimum Gasteiger partial charge on any atom is -0.369 e. The van der Waals surface area contributed by atoms with Crippen molar-refractivity contribution in [3.05, 3.63) is 23.3 Å². The van der Waals surface area contributed by atoms with Crippen LogP contribution in [0.3, 0.4) is 0 Å². The molecule has 1 atom stereocenters. The predicted molar refractivity (Wildman–Crippen MR) is 77.9 cm³/mol. The van der Waals surface area contributed by atoms with E-state index in [1.165, 1.54) is 0 Å². The fourth-order valence-electron chi connectivity index (χ4n) is 2.36. The zero-order valence-electron chi connectivity index (χ0n) is 13.3. The highest BCUT2D eigenvalue weighted by atomic mass is 16.5. The smallest absolute Gasteiger partial charge is 0.254 e. The Morgan fingerprint density at radius 2 is 2.00 bits per heavy atom. The maximum Gasteiger partial charge on any atom is 0.254 e. The zero-order chi connectivity index (χ0) is 15.6. The molecule has 2 rings (SSSR count). The number of amides is 1. The van der Waals surface area contributed by atoms with Crippen LogP contribution in [0, 0.1) is 13.8 Å². The first-order valence-electron chi connectivity index (χ1n) is 7.12. The normalized spacial score (nSPS) is 19.7.